The van der Waals surface area contributed by atoms with Crippen molar-refractivity contribution in [1.29, 1.82) is 0 Å². The highest BCUT2D eigenvalue weighted by molar-refractivity contribution is 7.17. The highest BCUT2D eigenvalue weighted by atomic mass is 32.1. The van der Waals surface area contributed by atoms with Crippen molar-refractivity contribution in [2.45, 2.75) is 33.4 Å². The molecule has 3 heterocycles. The smallest absolute Gasteiger partial charge is 0.276 e. The molecule has 4 rings (SSSR count). The molecule has 0 unspecified atom stereocenters. The molecule has 0 bridgehead atoms. The Hall–Kier alpha value is -2.74. The fourth-order valence-electron chi connectivity index (χ4n) is 3.11. The molecule has 0 spiro atoms. The van der Waals surface area contributed by atoms with Gasteiger partial charge in [-0.15, -0.1) is 16.4 Å². The first-order valence-electron chi connectivity index (χ1n) is 8.80. The number of fused-ring (bicyclic) bond motifs is 3. The Labute approximate surface area is 158 Å². The van der Waals surface area contributed by atoms with Gasteiger partial charge in [0.2, 0.25) is 5.78 Å². The summed E-state index contributed by atoms with van der Waals surface area (Å²) in [5, 5.41) is 6.18. The van der Waals surface area contributed by atoms with E-state index in [0.717, 1.165) is 6.42 Å². The SMILES string of the molecule is CC(C)CCn1c(=O)c2sccc2n2c(=O)n(Cc3ccccc3F)nc12. The van der Waals surface area contributed by atoms with Crippen LogP contribution in [0.25, 0.3) is 16.0 Å². The third-order valence-corrected chi connectivity index (χ3v) is 5.49. The second-order valence-corrected chi connectivity index (χ2v) is 7.86. The van der Waals surface area contributed by atoms with Crippen molar-refractivity contribution in [1.82, 2.24) is 18.7 Å². The zero-order valence-electron chi connectivity index (χ0n) is 15.1. The average Bonchev–Trinajstić information content (AvgIpc) is 3.22. The highest BCUT2D eigenvalue weighted by Crippen LogP contribution is 2.18. The van der Waals surface area contributed by atoms with Crippen molar-refractivity contribution in [3.63, 3.8) is 0 Å². The van der Waals surface area contributed by atoms with Crippen LogP contribution in [0.1, 0.15) is 25.8 Å². The summed E-state index contributed by atoms with van der Waals surface area (Å²) in [6, 6.07) is 8.04. The zero-order chi connectivity index (χ0) is 19.1. The number of benzene rings is 1. The predicted molar refractivity (Wildman–Crippen MR) is 104 cm³/mol. The molecule has 0 N–H and O–H groups in total. The third kappa shape index (κ3) is 2.99. The monoisotopic (exact) mass is 386 g/mol. The fourth-order valence-corrected chi connectivity index (χ4v) is 3.94. The number of nitrogens with zero attached hydrogens (tertiary/aromatic N) is 4. The number of aromatic nitrogens is 4. The number of thiophene rings is 1. The van der Waals surface area contributed by atoms with Gasteiger partial charge >= 0.3 is 5.69 Å². The average molecular weight is 386 g/mol. The van der Waals surface area contributed by atoms with Crippen molar-refractivity contribution < 1.29 is 4.39 Å². The maximum Gasteiger partial charge on any atom is 0.352 e. The van der Waals surface area contributed by atoms with Crippen LogP contribution in [0.15, 0.2) is 45.3 Å². The molecular formula is C19H19FN4O2S. The molecule has 27 heavy (non-hydrogen) atoms. The molecule has 0 aliphatic heterocycles. The van der Waals surface area contributed by atoms with Gasteiger partial charge in [0.05, 0.1) is 12.1 Å². The molecule has 0 radical (unpaired) electrons. The van der Waals surface area contributed by atoms with Crippen LogP contribution in [0.4, 0.5) is 4.39 Å². The Bertz CT molecular complexity index is 1250. The molecule has 3 aromatic heterocycles. The van der Waals surface area contributed by atoms with E-state index in [1.165, 1.54) is 26.5 Å². The molecule has 0 aliphatic rings. The summed E-state index contributed by atoms with van der Waals surface area (Å²) in [7, 11) is 0. The number of hydrogen-bond acceptors (Lipinski definition) is 4. The molecular weight excluding hydrogens is 367 g/mol. The van der Waals surface area contributed by atoms with Gasteiger partial charge in [0, 0.05) is 12.1 Å². The molecule has 0 saturated heterocycles. The molecule has 140 valence electrons. The second-order valence-electron chi connectivity index (χ2n) is 6.94. The quantitative estimate of drug-likeness (QED) is 0.530. The van der Waals surface area contributed by atoms with Crippen LogP contribution in [-0.4, -0.2) is 18.7 Å². The van der Waals surface area contributed by atoms with E-state index in [-0.39, 0.29) is 23.6 Å². The maximum atomic E-state index is 14.0. The van der Waals surface area contributed by atoms with Crippen molar-refractivity contribution in [3.05, 3.63) is 67.9 Å². The minimum Gasteiger partial charge on any atom is -0.276 e. The Morgan fingerprint density at radius 3 is 2.70 bits per heavy atom. The van der Waals surface area contributed by atoms with Crippen LogP contribution in [0.2, 0.25) is 0 Å². The first kappa shape index (κ1) is 17.7. The summed E-state index contributed by atoms with van der Waals surface area (Å²) in [5.41, 5.74) is 0.400. The zero-order valence-corrected chi connectivity index (χ0v) is 15.9. The van der Waals surface area contributed by atoms with Crippen molar-refractivity contribution in [2.24, 2.45) is 5.92 Å². The Morgan fingerprint density at radius 1 is 1.19 bits per heavy atom. The Balaban J connectivity index is 1.95. The van der Waals surface area contributed by atoms with Gasteiger partial charge in [-0.1, -0.05) is 32.0 Å². The molecule has 0 aliphatic carbocycles. The lowest BCUT2D eigenvalue weighted by molar-refractivity contribution is 0.511. The van der Waals surface area contributed by atoms with E-state index in [1.54, 1.807) is 34.2 Å². The van der Waals surface area contributed by atoms with Crippen LogP contribution < -0.4 is 11.2 Å². The van der Waals surface area contributed by atoms with E-state index in [1.807, 2.05) is 0 Å². The van der Waals surface area contributed by atoms with Crippen LogP contribution >= 0.6 is 11.3 Å². The lowest BCUT2D eigenvalue weighted by Crippen LogP contribution is -2.26. The van der Waals surface area contributed by atoms with E-state index in [9.17, 15) is 14.0 Å². The first-order chi connectivity index (χ1) is 13.0. The predicted octanol–water partition coefficient (Wildman–Crippen LogP) is 3.11. The third-order valence-electron chi connectivity index (χ3n) is 4.60. The van der Waals surface area contributed by atoms with Gasteiger partial charge in [-0.2, -0.15) is 0 Å². The molecule has 0 atom stereocenters. The van der Waals surface area contributed by atoms with Gasteiger partial charge in [-0.25, -0.2) is 18.3 Å². The van der Waals surface area contributed by atoms with Crippen molar-refractivity contribution in [2.75, 3.05) is 0 Å². The highest BCUT2D eigenvalue weighted by Gasteiger charge is 2.19. The van der Waals surface area contributed by atoms with Gasteiger partial charge < -0.3 is 0 Å². The molecule has 0 amide bonds. The first-order valence-corrected chi connectivity index (χ1v) is 9.68. The standard InChI is InChI=1S/C19H19FN4O2S/c1-12(2)7-9-22-17(25)16-15(8-10-27-16)24-18(22)21-23(19(24)26)11-13-5-3-4-6-14(13)20/h3-6,8,10,12H,7,9,11H2,1-2H3. The number of halogens is 1. The summed E-state index contributed by atoms with van der Waals surface area (Å²) in [6.07, 6.45) is 0.792. The summed E-state index contributed by atoms with van der Waals surface area (Å²) >= 11 is 1.31. The van der Waals surface area contributed by atoms with Crippen molar-refractivity contribution >= 4 is 27.3 Å². The summed E-state index contributed by atoms with van der Waals surface area (Å²) in [5.74, 6) is 0.315. The van der Waals surface area contributed by atoms with E-state index in [2.05, 4.69) is 18.9 Å². The Kier molecular flexibility index (Phi) is 4.43. The van der Waals surface area contributed by atoms with Gasteiger partial charge in [-0.3, -0.25) is 9.36 Å². The molecule has 6 nitrogen and oxygen atoms in total. The van der Waals surface area contributed by atoms with Gasteiger partial charge in [0.1, 0.15) is 10.5 Å². The van der Waals surface area contributed by atoms with E-state index in [4.69, 9.17) is 0 Å². The molecule has 0 saturated carbocycles. The van der Waals surface area contributed by atoms with Crippen molar-refractivity contribution in [3.8, 4) is 0 Å². The fraction of sp³-hybridized carbons (Fsp3) is 0.316. The minimum absolute atomic E-state index is 0.0111. The van der Waals surface area contributed by atoms with Gasteiger partial charge in [-0.05, 0) is 29.9 Å². The Morgan fingerprint density at radius 2 is 1.96 bits per heavy atom. The van der Waals surface area contributed by atoms with Crippen LogP contribution in [0, 0.1) is 11.7 Å². The second kappa shape index (κ2) is 6.77. The number of hydrogen-bond donors (Lipinski definition) is 0. The summed E-state index contributed by atoms with van der Waals surface area (Å²) < 4.78 is 18.8. The minimum atomic E-state index is -0.390. The molecule has 8 heteroatoms. The van der Waals surface area contributed by atoms with E-state index >= 15 is 0 Å². The van der Waals surface area contributed by atoms with Gasteiger partial charge in [0.25, 0.3) is 5.56 Å². The number of rotatable bonds is 5. The number of aryl methyl sites for hydroxylation is 1. The molecule has 4 aromatic rings. The van der Waals surface area contributed by atoms with E-state index < -0.39 is 0 Å². The van der Waals surface area contributed by atoms with E-state index in [0.29, 0.717) is 34.0 Å². The maximum absolute atomic E-state index is 14.0. The van der Waals surface area contributed by atoms with Crippen LogP contribution in [0.3, 0.4) is 0 Å². The summed E-state index contributed by atoms with van der Waals surface area (Å²) in [6.45, 7) is 4.64. The largest absolute Gasteiger partial charge is 0.352 e. The lowest BCUT2D eigenvalue weighted by atomic mass is 10.1. The normalized spacial score (nSPS) is 11.9. The van der Waals surface area contributed by atoms with Crippen LogP contribution in [-0.2, 0) is 13.1 Å². The lowest BCUT2D eigenvalue weighted by Gasteiger charge is -2.09. The van der Waals surface area contributed by atoms with Crippen LogP contribution in [0.5, 0.6) is 0 Å². The molecule has 0 fully saturated rings. The van der Waals surface area contributed by atoms with Gasteiger partial charge in [0.15, 0.2) is 0 Å². The topological polar surface area (TPSA) is 61.3 Å². The molecule has 1 aromatic carbocycles. The summed E-state index contributed by atoms with van der Waals surface area (Å²) in [4.78, 5) is 25.9.